The summed E-state index contributed by atoms with van der Waals surface area (Å²) in [5, 5.41) is 6.56. The van der Waals surface area contributed by atoms with Gasteiger partial charge in [0.2, 0.25) is 5.91 Å². The largest absolute Gasteiger partial charge is 0.326 e. The third-order valence-electron chi connectivity index (χ3n) is 4.55. The number of rotatable bonds is 3. The van der Waals surface area contributed by atoms with Gasteiger partial charge in [-0.2, -0.15) is 0 Å². The highest BCUT2D eigenvalue weighted by atomic mass is 16.2. The van der Waals surface area contributed by atoms with Gasteiger partial charge in [0.1, 0.15) is 0 Å². The molecule has 21 heavy (non-hydrogen) atoms. The van der Waals surface area contributed by atoms with Crippen LogP contribution in [0.4, 0.5) is 5.69 Å². The highest BCUT2D eigenvalue weighted by Gasteiger charge is 2.42. The van der Waals surface area contributed by atoms with Crippen LogP contribution in [0.2, 0.25) is 0 Å². The standard InChI is InChI=1S/C16H18N4O/c21-16(14-9-12-4-5-15(14)18-12)19-11-2-1-3-13(8-11)20-7-6-17-10-20/h1-3,6-8,10,12,14-15,18H,4-5,9H2,(H,19,21). The van der Waals surface area contributed by atoms with Gasteiger partial charge < -0.3 is 15.2 Å². The molecule has 2 fully saturated rings. The van der Waals surface area contributed by atoms with Crippen molar-refractivity contribution in [3.05, 3.63) is 43.0 Å². The molecule has 2 saturated heterocycles. The first kappa shape index (κ1) is 12.6. The smallest absolute Gasteiger partial charge is 0.229 e. The highest BCUT2D eigenvalue weighted by Crippen LogP contribution is 2.34. The van der Waals surface area contributed by atoms with Gasteiger partial charge in [0.15, 0.2) is 0 Å². The molecular weight excluding hydrogens is 264 g/mol. The first-order valence-corrected chi connectivity index (χ1v) is 7.45. The zero-order chi connectivity index (χ0) is 14.2. The van der Waals surface area contributed by atoms with Crippen molar-refractivity contribution in [3.8, 4) is 5.69 Å². The minimum Gasteiger partial charge on any atom is -0.326 e. The van der Waals surface area contributed by atoms with Crippen LogP contribution in [-0.4, -0.2) is 27.5 Å². The lowest BCUT2D eigenvalue weighted by atomic mass is 9.88. The van der Waals surface area contributed by atoms with Crippen LogP contribution in [0.5, 0.6) is 0 Å². The number of hydrogen-bond donors (Lipinski definition) is 2. The van der Waals surface area contributed by atoms with E-state index in [-0.39, 0.29) is 11.8 Å². The number of imidazole rings is 1. The monoisotopic (exact) mass is 282 g/mol. The van der Waals surface area contributed by atoms with E-state index in [0.717, 1.165) is 24.2 Å². The number of anilines is 1. The molecule has 3 heterocycles. The van der Waals surface area contributed by atoms with Gasteiger partial charge in [-0.1, -0.05) is 6.07 Å². The van der Waals surface area contributed by atoms with E-state index in [1.165, 1.54) is 6.42 Å². The molecule has 2 aliphatic rings. The Morgan fingerprint density at radius 3 is 3.05 bits per heavy atom. The third kappa shape index (κ3) is 2.34. The molecular formula is C16H18N4O. The number of aromatic nitrogens is 2. The average molecular weight is 282 g/mol. The summed E-state index contributed by atoms with van der Waals surface area (Å²) in [7, 11) is 0. The number of carbonyl (C=O) groups is 1. The lowest BCUT2D eigenvalue weighted by Crippen LogP contribution is -2.32. The number of amides is 1. The quantitative estimate of drug-likeness (QED) is 0.904. The second-order valence-corrected chi connectivity index (χ2v) is 5.90. The van der Waals surface area contributed by atoms with E-state index >= 15 is 0 Å². The van der Waals surface area contributed by atoms with Crippen LogP contribution in [0.3, 0.4) is 0 Å². The molecule has 1 amide bonds. The van der Waals surface area contributed by atoms with Crippen molar-refractivity contribution in [3.63, 3.8) is 0 Å². The third-order valence-corrected chi connectivity index (χ3v) is 4.55. The minimum atomic E-state index is 0.112. The number of carbonyl (C=O) groups excluding carboxylic acids is 1. The summed E-state index contributed by atoms with van der Waals surface area (Å²) in [5.74, 6) is 0.248. The predicted molar refractivity (Wildman–Crippen MR) is 80.2 cm³/mol. The Hall–Kier alpha value is -2.14. The van der Waals surface area contributed by atoms with Crippen LogP contribution in [-0.2, 0) is 4.79 Å². The summed E-state index contributed by atoms with van der Waals surface area (Å²) >= 11 is 0. The molecule has 1 aromatic heterocycles. The maximum atomic E-state index is 12.4. The molecule has 2 N–H and O–H groups in total. The van der Waals surface area contributed by atoms with Gasteiger partial charge in [-0.15, -0.1) is 0 Å². The first-order chi connectivity index (χ1) is 10.3. The van der Waals surface area contributed by atoms with Gasteiger partial charge >= 0.3 is 0 Å². The van der Waals surface area contributed by atoms with E-state index in [0.29, 0.717) is 12.1 Å². The van der Waals surface area contributed by atoms with E-state index < -0.39 is 0 Å². The molecule has 108 valence electrons. The van der Waals surface area contributed by atoms with Gasteiger partial charge in [0.05, 0.1) is 12.2 Å². The topological polar surface area (TPSA) is 59.0 Å². The van der Waals surface area contributed by atoms with Crippen molar-refractivity contribution in [1.82, 2.24) is 14.9 Å². The van der Waals surface area contributed by atoms with Gasteiger partial charge in [-0.25, -0.2) is 4.98 Å². The van der Waals surface area contributed by atoms with E-state index in [4.69, 9.17) is 0 Å². The molecule has 0 aliphatic carbocycles. The van der Waals surface area contributed by atoms with Crippen molar-refractivity contribution in [2.75, 3.05) is 5.32 Å². The van der Waals surface area contributed by atoms with Gasteiger partial charge in [-0.05, 0) is 37.5 Å². The number of hydrogen-bond acceptors (Lipinski definition) is 3. The van der Waals surface area contributed by atoms with E-state index in [9.17, 15) is 4.79 Å². The molecule has 4 rings (SSSR count). The summed E-state index contributed by atoms with van der Waals surface area (Å²) in [6.45, 7) is 0. The fraction of sp³-hybridized carbons (Fsp3) is 0.375. The zero-order valence-corrected chi connectivity index (χ0v) is 11.7. The normalized spacial score (nSPS) is 27.0. The predicted octanol–water partition coefficient (Wildman–Crippen LogP) is 1.95. The summed E-state index contributed by atoms with van der Waals surface area (Å²) < 4.78 is 1.93. The molecule has 2 aliphatic heterocycles. The summed E-state index contributed by atoms with van der Waals surface area (Å²) in [4.78, 5) is 16.5. The van der Waals surface area contributed by atoms with Crippen LogP contribution in [0.15, 0.2) is 43.0 Å². The van der Waals surface area contributed by atoms with Crippen LogP contribution in [0.1, 0.15) is 19.3 Å². The molecule has 0 saturated carbocycles. The van der Waals surface area contributed by atoms with E-state index in [1.807, 2.05) is 35.0 Å². The summed E-state index contributed by atoms with van der Waals surface area (Å²) in [6, 6.07) is 8.76. The second-order valence-electron chi connectivity index (χ2n) is 5.90. The molecule has 5 nitrogen and oxygen atoms in total. The van der Waals surface area contributed by atoms with Crippen molar-refractivity contribution >= 4 is 11.6 Å². The Bertz CT molecular complexity index is 652. The fourth-order valence-electron chi connectivity index (χ4n) is 3.51. The number of benzene rings is 1. The first-order valence-electron chi connectivity index (χ1n) is 7.45. The van der Waals surface area contributed by atoms with Crippen LogP contribution >= 0.6 is 0 Å². The van der Waals surface area contributed by atoms with Gasteiger partial charge in [0.25, 0.3) is 0 Å². The summed E-state index contributed by atoms with van der Waals surface area (Å²) in [6.07, 6.45) is 8.69. The van der Waals surface area contributed by atoms with Crippen molar-refractivity contribution in [2.45, 2.75) is 31.3 Å². The molecule has 3 unspecified atom stereocenters. The van der Waals surface area contributed by atoms with Gasteiger partial charge in [0, 0.05) is 35.9 Å². The van der Waals surface area contributed by atoms with Crippen molar-refractivity contribution in [2.24, 2.45) is 5.92 Å². The molecule has 2 bridgehead atoms. The van der Waals surface area contributed by atoms with Crippen molar-refractivity contribution in [1.29, 1.82) is 0 Å². The Balaban J connectivity index is 1.50. The van der Waals surface area contributed by atoms with E-state index in [2.05, 4.69) is 15.6 Å². The molecule has 2 aromatic rings. The Labute approximate surface area is 123 Å². The second kappa shape index (κ2) is 5.00. The Morgan fingerprint density at radius 1 is 1.38 bits per heavy atom. The van der Waals surface area contributed by atoms with Crippen LogP contribution < -0.4 is 10.6 Å². The number of nitrogens with one attached hydrogen (secondary N) is 2. The molecule has 3 atom stereocenters. The van der Waals surface area contributed by atoms with Crippen LogP contribution in [0.25, 0.3) is 5.69 Å². The maximum Gasteiger partial charge on any atom is 0.229 e. The summed E-state index contributed by atoms with van der Waals surface area (Å²) in [5.41, 5.74) is 1.84. The van der Waals surface area contributed by atoms with Crippen LogP contribution in [0, 0.1) is 5.92 Å². The highest BCUT2D eigenvalue weighted by molar-refractivity contribution is 5.93. The van der Waals surface area contributed by atoms with Gasteiger partial charge in [-0.3, -0.25) is 4.79 Å². The lowest BCUT2D eigenvalue weighted by Gasteiger charge is -2.19. The minimum absolute atomic E-state index is 0.112. The average Bonchev–Trinajstić information content (AvgIpc) is 3.24. The molecule has 1 aromatic carbocycles. The Morgan fingerprint density at radius 2 is 2.33 bits per heavy atom. The Kier molecular flexibility index (Phi) is 3.00. The maximum absolute atomic E-state index is 12.4. The molecule has 5 heteroatoms. The number of fused-ring (bicyclic) bond motifs is 2. The SMILES string of the molecule is O=C(Nc1cccc(-n2ccnc2)c1)C1CC2CCC1N2. The van der Waals surface area contributed by atoms with Crippen molar-refractivity contribution < 1.29 is 4.79 Å². The molecule has 0 radical (unpaired) electrons. The fourth-order valence-corrected chi connectivity index (χ4v) is 3.51. The molecule has 0 spiro atoms. The lowest BCUT2D eigenvalue weighted by molar-refractivity contribution is -0.120. The zero-order valence-electron chi connectivity index (χ0n) is 11.7. The van der Waals surface area contributed by atoms with E-state index in [1.54, 1.807) is 12.5 Å². The number of nitrogens with zero attached hydrogens (tertiary/aromatic N) is 2.